The Morgan fingerprint density at radius 1 is 1.05 bits per heavy atom. The number of rotatable bonds is 7. The van der Waals surface area contributed by atoms with Crippen molar-refractivity contribution in [2.45, 2.75) is 25.7 Å². The van der Waals surface area contributed by atoms with E-state index in [1.165, 1.54) is 7.11 Å². The van der Waals surface area contributed by atoms with E-state index in [1.54, 1.807) is 0 Å². The van der Waals surface area contributed by atoms with Gasteiger partial charge in [-0.1, -0.05) is 0 Å². The summed E-state index contributed by atoms with van der Waals surface area (Å²) in [6, 6.07) is 0. The van der Waals surface area contributed by atoms with Crippen molar-refractivity contribution in [2.75, 3.05) is 20.3 Å². The van der Waals surface area contributed by atoms with Crippen molar-refractivity contribution in [1.29, 1.82) is 0 Å². The number of carbonyl (C=O) groups excluding carboxylic acids is 4. The van der Waals surface area contributed by atoms with Gasteiger partial charge in [-0.3, -0.25) is 14.4 Å². The highest BCUT2D eigenvalue weighted by atomic mass is 16.7. The zero-order chi connectivity index (χ0) is 14.3. The molecule has 0 aromatic carbocycles. The smallest absolute Gasteiger partial charge is 0.333 e. The molecule has 19 heavy (non-hydrogen) atoms. The van der Waals surface area contributed by atoms with Gasteiger partial charge in [0.15, 0.2) is 0 Å². The molecule has 1 fully saturated rings. The van der Waals surface area contributed by atoms with Gasteiger partial charge < -0.3 is 14.3 Å². The summed E-state index contributed by atoms with van der Waals surface area (Å²) < 4.78 is 9.41. The molecule has 8 nitrogen and oxygen atoms in total. The minimum Gasteiger partial charge on any atom is -0.463 e. The van der Waals surface area contributed by atoms with Crippen LogP contribution in [0.5, 0.6) is 0 Å². The fourth-order valence-corrected chi connectivity index (χ4v) is 1.32. The van der Waals surface area contributed by atoms with E-state index >= 15 is 0 Å². The molecular weight excluding hydrogens is 258 g/mol. The van der Waals surface area contributed by atoms with Crippen LogP contribution in [0.3, 0.4) is 0 Å². The number of hydrogen-bond acceptors (Lipinski definition) is 7. The fraction of sp³-hybridized carbons (Fsp3) is 0.636. The zero-order valence-corrected chi connectivity index (χ0v) is 10.5. The number of imide groups is 1. The van der Waals surface area contributed by atoms with Crippen LogP contribution in [0.2, 0.25) is 0 Å². The molecule has 1 saturated heterocycles. The lowest BCUT2D eigenvalue weighted by Gasteiger charge is -2.12. The van der Waals surface area contributed by atoms with Gasteiger partial charge in [0, 0.05) is 20.0 Å². The van der Waals surface area contributed by atoms with Crippen molar-refractivity contribution in [3.63, 3.8) is 0 Å². The molecule has 0 aliphatic carbocycles. The number of ether oxygens (including phenoxy) is 2. The molecule has 1 aliphatic rings. The van der Waals surface area contributed by atoms with E-state index in [9.17, 15) is 19.2 Å². The number of carbonyl (C=O) groups is 4. The Morgan fingerprint density at radius 3 is 2.21 bits per heavy atom. The van der Waals surface area contributed by atoms with E-state index in [-0.39, 0.29) is 38.9 Å². The van der Waals surface area contributed by atoms with Crippen molar-refractivity contribution in [1.82, 2.24) is 5.06 Å². The monoisotopic (exact) mass is 273 g/mol. The maximum Gasteiger partial charge on any atom is 0.333 e. The third-order valence-corrected chi connectivity index (χ3v) is 2.28. The van der Waals surface area contributed by atoms with Gasteiger partial charge in [-0.05, 0) is 0 Å². The lowest BCUT2D eigenvalue weighted by Crippen LogP contribution is -2.32. The third kappa shape index (κ3) is 5.04. The lowest BCUT2D eigenvalue weighted by atomic mass is 10.3. The molecule has 0 saturated carbocycles. The van der Waals surface area contributed by atoms with Crippen LogP contribution in [0.4, 0.5) is 0 Å². The molecule has 0 aromatic heterocycles. The van der Waals surface area contributed by atoms with Gasteiger partial charge in [0.2, 0.25) is 0 Å². The number of methoxy groups -OCH3 is 1. The van der Waals surface area contributed by atoms with Gasteiger partial charge in [-0.25, -0.2) is 4.79 Å². The van der Waals surface area contributed by atoms with Crippen LogP contribution < -0.4 is 0 Å². The standard InChI is InChI=1S/C11H15NO7/c1-17-6-7-18-10(15)4-5-11(16)19-12-8(13)2-3-9(12)14/h2-7H2,1H3. The SMILES string of the molecule is COCCOC(=O)CCC(=O)ON1C(=O)CCC1=O. The summed E-state index contributed by atoms with van der Waals surface area (Å²) in [7, 11) is 1.47. The van der Waals surface area contributed by atoms with Gasteiger partial charge >= 0.3 is 11.9 Å². The second-order valence-electron chi connectivity index (χ2n) is 3.76. The molecule has 0 radical (unpaired) electrons. The molecular formula is C11H15NO7. The highest BCUT2D eigenvalue weighted by Crippen LogP contribution is 2.12. The molecule has 0 N–H and O–H groups in total. The van der Waals surface area contributed by atoms with Crippen molar-refractivity contribution in [3.05, 3.63) is 0 Å². The zero-order valence-electron chi connectivity index (χ0n) is 10.5. The Balaban J connectivity index is 2.22. The minimum absolute atomic E-state index is 0.0329. The van der Waals surface area contributed by atoms with Gasteiger partial charge in [-0.15, -0.1) is 5.06 Å². The first-order valence-corrected chi connectivity index (χ1v) is 5.75. The Hall–Kier alpha value is -1.96. The minimum atomic E-state index is -0.827. The Labute approximate surface area is 109 Å². The van der Waals surface area contributed by atoms with Crippen molar-refractivity contribution in [3.8, 4) is 0 Å². The Bertz CT molecular complexity index is 363. The molecule has 0 unspecified atom stereocenters. The number of amides is 2. The average Bonchev–Trinajstić information content (AvgIpc) is 2.68. The van der Waals surface area contributed by atoms with Crippen LogP contribution in [0.15, 0.2) is 0 Å². The number of hydroxylamine groups is 2. The van der Waals surface area contributed by atoms with E-state index < -0.39 is 23.8 Å². The highest BCUT2D eigenvalue weighted by Gasteiger charge is 2.32. The van der Waals surface area contributed by atoms with E-state index in [4.69, 9.17) is 4.74 Å². The largest absolute Gasteiger partial charge is 0.463 e. The molecule has 0 spiro atoms. The summed E-state index contributed by atoms with van der Waals surface area (Å²) in [5, 5.41) is 0.443. The molecule has 1 heterocycles. The van der Waals surface area contributed by atoms with E-state index in [2.05, 4.69) is 9.57 Å². The number of esters is 1. The quantitative estimate of drug-likeness (QED) is 0.352. The normalized spacial score (nSPS) is 14.7. The van der Waals surface area contributed by atoms with Crippen molar-refractivity contribution in [2.24, 2.45) is 0 Å². The van der Waals surface area contributed by atoms with E-state index in [0.29, 0.717) is 5.06 Å². The van der Waals surface area contributed by atoms with Crippen LogP contribution >= 0.6 is 0 Å². The van der Waals surface area contributed by atoms with Crippen molar-refractivity contribution < 1.29 is 33.5 Å². The van der Waals surface area contributed by atoms with Gasteiger partial charge in [0.05, 0.1) is 19.4 Å². The van der Waals surface area contributed by atoms with Crippen LogP contribution in [-0.4, -0.2) is 49.1 Å². The maximum atomic E-state index is 11.3. The second kappa shape index (κ2) is 7.47. The van der Waals surface area contributed by atoms with Crippen LogP contribution in [0.25, 0.3) is 0 Å². The summed E-state index contributed by atoms with van der Waals surface area (Å²) in [5.74, 6) is -2.51. The summed E-state index contributed by atoms with van der Waals surface area (Å²) in [6.45, 7) is 0.375. The topological polar surface area (TPSA) is 99.2 Å². The molecule has 0 aromatic rings. The summed E-state index contributed by atoms with van der Waals surface area (Å²) in [6.07, 6.45) is -0.377. The first kappa shape index (κ1) is 15.1. The Kier molecular flexibility index (Phi) is 5.94. The van der Waals surface area contributed by atoms with Crippen LogP contribution in [0.1, 0.15) is 25.7 Å². The first-order valence-electron chi connectivity index (χ1n) is 5.75. The Morgan fingerprint density at radius 2 is 1.63 bits per heavy atom. The molecule has 106 valence electrons. The average molecular weight is 273 g/mol. The summed E-state index contributed by atoms with van der Waals surface area (Å²) in [5.41, 5.74) is 0. The third-order valence-electron chi connectivity index (χ3n) is 2.28. The van der Waals surface area contributed by atoms with Gasteiger partial charge in [0.1, 0.15) is 6.61 Å². The van der Waals surface area contributed by atoms with Gasteiger partial charge in [-0.2, -0.15) is 0 Å². The molecule has 8 heteroatoms. The summed E-state index contributed by atoms with van der Waals surface area (Å²) >= 11 is 0. The van der Waals surface area contributed by atoms with Crippen LogP contribution in [0, 0.1) is 0 Å². The molecule has 1 aliphatic heterocycles. The van der Waals surface area contributed by atoms with Crippen molar-refractivity contribution >= 4 is 23.8 Å². The highest BCUT2D eigenvalue weighted by molar-refractivity contribution is 6.01. The lowest BCUT2D eigenvalue weighted by molar-refractivity contribution is -0.197. The number of hydrogen-bond donors (Lipinski definition) is 0. The molecule has 0 bridgehead atoms. The molecule has 0 atom stereocenters. The van der Waals surface area contributed by atoms with Crippen LogP contribution in [-0.2, 0) is 33.5 Å². The fourth-order valence-electron chi connectivity index (χ4n) is 1.32. The number of nitrogens with zero attached hydrogens (tertiary/aromatic N) is 1. The second-order valence-corrected chi connectivity index (χ2v) is 3.76. The predicted octanol–water partition coefficient (Wildman–Crippen LogP) is -0.437. The molecule has 2 amide bonds. The van der Waals surface area contributed by atoms with E-state index in [1.807, 2.05) is 0 Å². The predicted molar refractivity (Wildman–Crippen MR) is 59.2 cm³/mol. The summed E-state index contributed by atoms with van der Waals surface area (Å²) in [4.78, 5) is 49.4. The maximum absolute atomic E-state index is 11.3. The first-order chi connectivity index (χ1) is 9.04. The van der Waals surface area contributed by atoms with E-state index in [0.717, 1.165) is 0 Å². The molecule has 1 rings (SSSR count). The van der Waals surface area contributed by atoms with Gasteiger partial charge in [0.25, 0.3) is 11.8 Å².